The van der Waals surface area contributed by atoms with Gasteiger partial charge in [0.2, 0.25) is 0 Å². The molecule has 122 valence electrons. The summed E-state index contributed by atoms with van der Waals surface area (Å²) in [5.41, 5.74) is 2.83. The Balaban J connectivity index is 1.57. The van der Waals surface area contributed by atoms with Gasteiger partial charge < -0.3 is 10.6 Å². The van der Waals surface area contributed by atoms with Crippen molar-refractivity contribution in [2.45, 2.75) is 0 Å². The molecule has 0 aliphatic heterocycles. The van der Waals surface area contributed by atoms with Gasteiger partial charge >= 0.3 is 0 Å². The number of amides is 1. The first-order chi connectivity index (χ1) is 11.6. The van der Waals surface area contributed by atoms with Gasteiger partial charge in [-0.2, -0.15) is 0 Å². The predicted octanol–water partition coefficient (Wildman–Crippen LogP) is 3.37. The van der Waals surface area contributed by atoms with Crippen LogP contribution in [0.5, 0.6) is 0 Å². The van der Waals surface area contributed by atoms with E-state index in [1.54, 1.807) is 12.4 Å². The maximum absolute atomic E-state index is 12.8. The molecule has 0 aliphatic rings. The molecule has 3 aromatic rings. The van der Waals surface area contributed by atoms with Gasteiger partial charge in [-0.1, -0.05) is 0 Å². The van der Waals surface area contributed by atoms with Crippen LogP contribution in [-0.4, -0.2) is 29.0 Å². The zero-order chi connectivity index (χ0) is 16.9. The van der Waals surface area contributed by atoms with Crippen molar-refractivity contribution in [3.05, 3.63) is 64.6 Å². The van der Waals surface area contributed by atoms with E-state index < -0.39 is 0 Å². The minimum Gasteiger partial charge on any atom is -0.381 e. The molecule has 1 aromatic carbocycles. The quantitative estimate of drug-likeness (QED) is 0.657. The molecule has 0 unspecified atom stereocenters. The largest absolute Gasteiger partial charge is 0.381 e. The topological polar surface area (TPSA) is 66.9 Å². The number of hydrogen-bond acceptors (Lipinski definition) is 4. The zero-order valence-electron chi connectivity index (χ0n) is 12.6. The van der Waals surface area contributed by atoms with E-state index in [2.05, 4.69) is 36.5 Å². The highest BCUT2D eigenvalue weighted by Gasteiger charge is 2.06. The lowest BCUT2D eigenvalue weighted by Gasteiger charge is -2.10. The van der Waals surface area contributed by atoms with Crippen molar-refractivity contribution in [3.63, 3.8) is 0 Å². The summed E-state index contributed by atoms with van der Waals surface area (Å²) in [6.45, 7) is 0.959. The Labute approximate surface area is 146 Å². The fourth-order valence-corrected chi connectivity index (χ4v) is 2.54. The van der Waals surface area contributed by atoms with Gasteiger partial charge in [-0.25, -0.2) is 4.39 Å². The lowest BCUT2D eigenvalue weighted by Crippen LogP contribution is -2.28. The van der Waals surface area contributed by atoms with Crippen LogP contribution >= 0.6 is 15.9 Å². The number of aromatic nitrogens is 2. The number of rotatable bonds is 5. The third kappa shape index (κ3) is 3.86. The van der Waals surface area contributed by atoms with Gasteiger partial charge in [-0.15, -0.1) is 0 Å². The standard InChI is InChI=1S/C17H14BrFN4O/c18-12-9-15-16(23-10-12)14(5-6-20-15)21-7-8-22-17(24)11-1-3-13(19)4-2-11/h1-6,9-10H,7-8H2,(H,20,21)(H,22,24). The second kappa shape index (κ2) is 7.35. The molecule has 24 heavy (non-hydrogen) atoms. The molecule has 0 fully saturated rings. The van der Waals surface area contributed by atoms with E-state index >= 15 is 0 Å². The molecular formula is C17H14BrFN4O. The maximum Gasteiger partial charge on any atom is 0.251 e. The summed E-state index contributed by atoms with van der Waals surface area (Å²) in [4.78, 5) is 20.6. The van der Waals surface area contributed by atoms with Crippen LogP contribution in [0.15, 0.2) is 53.3 Å². The number of pyridine rings is 2. The fourth-order valence-electron chi connectivity index (χ4n) is 2.22. The van der Waals surface area contributed by atoms with E-state index in [-0.39, 0.29) is 11.7 Å². The van der Waals surface area contributed by atoms with E-state index in [4.69, 9.17) is 0 Å². The number of hydrogen-bond donors (Lipinski definition) is 2. The number of nitrogens with zero attached hydrogens (tertiary/aromatic N) is 2. The van der Waals surface area contributed by atoms with E-state index in [1.165, 1.54) is 24.3 Å². The second-order valence-corrected chi connectivity index (χ2v) is 5.99. The van der Waals surface area contributed by atoms with Crippen LogP contribution in [0.25, 0.3) is 11.0 Å². The van der Waals surface area contributed by atoms with Gasteiger partial charge in [0.05, 0.1) is 11.2 Å². The van der Waals surface area contributed by atoms with Crippen molar-refractivity contribution in [2.75, 3.05) is 18.4 Å². The van der Waals surface area contributed by atoms with Crippen molar-refractivity contribution in [3.8, 4) is 0 Å². The SMILES string of the molecule is O=C(NCCNc1ccnc2cc(Br)cnc12)c1ccc(F)cc1. The molecule has 0 aliphatic carbocycles. The number of carbonyl (C=O) groups is 1. The second-order valence-electron chi connectivity index (χ2n) is 5.07. The van der Waals surface area contributed by atoms with Gasteiger partial charge in [-0.05, 0) is 52.3 Å². The van der Waals surface area contributed by atoms with Crippen LogP contribution in [0, 0.1) is 5.82 Å². The first-order valence-electron chi connectivity index (χ1n) is 7.31. The minimum atomic E-state index is -0.364. The van der Waals surface area contributed by atoms with Crippen LogP contribution in [0.2, 0.25) is 0 Å². The average molecular weight is 389 g/mol. The summed E-state index contributed by atoms with van der Waals surface area (Å²) in [5.74, 6) is -0.602. The Morgan fingerprint density at radius 2 is 1.92 bits per heavy atom. The Kier molecular flexibility index (Phi) is 5.00. The molecule has 3 rings (SSSR count). The van der Waals surface area contributed by atoms with Gasteiger partial charge in [-0.3, -0.25) is 14.8 Å². The third-order valence-corrected chi connectivity index (χ3v) is 3.81. The summed E-state index contributed by atoms with van der Waals surface area (Å²) >= 11 is 3.37. The van der Waals surface area contributed by atoms with E-state index in [0.29, 0.717) is 18.7 Å². The van der Waals surface area contributed by atoms with Crippen LogP contribution in [0.3, 0.4) is 0 Å². The first-order valence-corrected chi connectivity index (χ1v) is 8.11. The molecule has 0 spiro atoms. The smallest absolute Gasteiger partial charge is 0.251 e. The molecule has 5 nitrogen and oxygen atoms in total. The lowest BCUT2D eigenvalue weighted by molar-refractivity contribution is 0.0955. The summed E-state index contributed by atoms with van der Waals surface area (Å²) in [5, 5.41) is 6.01. The summed E-state index contributed by atoms with van der Waals surface area (Å²) in [6, 6.07) is 9.17. The van der Waals surface area contributed by atoms with E-state index in [0.717, 1.165) is 21.2 Å². The number of carbonyl (C=O) groups excluding carboxylic acids is 1. The van der Waals surface area contributed by atoms with Crippen molar-refractivity contribution < 1.29 is 9.18 Å². The van der Waals surface area contributed by atoms with Gasteiger partial charge in [0, 0.05) is 35.5 Å². The summed E-state index contributed by atoms with van der Waals surface area (Å²) in [6.07, 6.45) is 3.42. The van der Waals surface area contributed by atoms with Crippen molar-refractivity contribution in [1.29, 1.82) is 0 Å². The van der Waals surface area contributed by atoms with Crippen LogP contribution < -0.4 is 10.6 Å². The third-order valence-electron chi connectivity index (χ3n) is 3.38. The average Bonchev–Trinajstić information content (AvgIpc) is 2.59. The molecule has 0 atom stereocenters. The Morgan fingerprint density at radius 1 is 1.12 bits per heavy atom. The molecule has 7 heteroatoms. The number of fused-ring (bicyclic) bond motifs is 1. The van der Waals surface area contributed by atoms with Crippen LogP contribution in [0.4, 0.5) is 10.1 Å². The summed E-state index contributed by atoms with van der Waals surface area (Å²) < 4.78 is 13.7. The molecular weight excluding hydrogens is 375 g/mol. The fraction of sp³-hybridized carbons (Fsp3) is 0.118. The predicted molar refractivity (Wildman–Crippen MR) is 94.5 cm³/mol. The van der Waals surface area contributed by atoms with Crippen molar-refractivity contribution in [1.82, 2.24) is 15.3 Å². The van der Waals surface area contributed by atoms with Crippen molar-refractivity contribution in [2.24, 2.45) is 0 Å². The lowest BCUT2D eigenvalue weighted by atomic mass is 10.2. The minimum absolute atomic E-state index is 0.238. The maximum atomic E-state index is 12.8. The molecule has 0 bridgehead atoms. The summed E-state index contributed by atoms with van der Waals surface area (Å²) in [7, 11) is 0. The van der Waals surface area contributed by atoms with Gasteiger partial charge in [0.15, 0.2) is 0 Å². The van der Waals surface area contributed by atoms with E-state index in [1.807, 2.05) is 12.1 Å². The van der Waals surface area contributed by atoms with E-state index in [9.17, 15) is 9.18 Å². The molecule has 0 saturated heterocycles. The number of nitrogens with one attached hydrogen (secondary N) is 2. The highest BCUT2D eigenvalue weighted by atomic mass is 79.9. The number of benzene rings is 1. The number of halogens is 2. The Bertz CT molecular complexity index is 870. The molecule has 0 radical (unpaired) electrons. The Morgan fingerprint density at radius 3 is 2.71 bits per heavy atom. The van der Waals surface area contributed by atoms with Gasteiger partial charge in [0.25, 0.3) is 5.91 Å². The molecule has 0 saturated carbocycles. The normalized spacial score (nSPS) is 10.6. The Hall–Kier alpha value is -2.54. The highest BCUT2D eigenvalue weighted by Crippen LogP contribution is 2.21. The first kappa shape index (κ1) is 16.3. The number of anilines is 1. The molecule has 2 heterocycles. The molecule has 1 amide bonds. The van der Waals surface area contributed by atoms with Crippen molar-refractivity contribution >= 4 is 38.6 Å². The van der Waals surface area contributed by atoms with Crippen LogP contribution in [-0.2, 0) is 0 Å². The molecule has 2 aromatic heterocycles. The molecule has 2 N–H and O–H groups in total. The highest BCUT2D eigenvalue weighted by molar-refractivity contribution is 9.10. The monoisotopic (exact) mass is 388 g/mol. The zero-order valence-corrected chi connectivity index (χ0v) is 14.2. The van der Waals surface area contributed by atoms with Gasteiger partial charge in [0.1, 0.15) is 11.3 Å². The van der Waals surface area contributed by atoms with Crippen LogP contribution in [0.1, 0.15) is 10.4 Å².